The van der Waals surface area contributed by atoms with Crippen molar-refractivity contribution in [2.24, 2.45) is 0 Å². The van der Waals surface area contributed by atoms with Crippen LogP contribution in [-0.4, -0.2) is 11.9 Å². The largest absolute Gasteiger partial charge is 0.397 e. The molecule has 1 rings (SSSR count). The number of nitrogens with two attached hydrogens (primary N) is 1. The summed E-state index contributed by atoms with van der Waals surface area (Å²) in [6, 6.07) is 7.35. The van der Waals surface area contributed by atoms with Crippen LogP contribution < -0.4 is 16.4 Å². The van der Waals surface area contributed by atoms with Crippen molar-refractivity contribution in [2.45, 2.75) is 26.8 Å². The fraction of sp³-hybridized carbons (Fsp3) is 0.286. The number of nitrogen functional groups attached to an aromatic ring is 1. The standard InChI is InChI=1S/C14H18N4O/c1-9(2)18-14(19)11(7-15)8-17-13-5-4-10(3)6-12(13)16/h4-6,8-9,17H,16H2,1-3H3,(H,18,19)/b11-8-. The van der Waals surface area contributed by atoms with E-state index in [1.807, 2.05) is 39.0 Å². The Morgan fingerprint density at radius 3 is 2.68 bits per heavy atom. The highest BCUT2D eigenvalue weighted by Crippen LogP contribution is 2.19. The van der Waals surface area contributed by atoms with E-state index in [9.17, 15) is 4.79 Å². The van der Waals surface area contributed by atoms with Crippen LogP contribution in [0.4, 0.5) is 11.4 Å². The summed E-state index contributed by atoms with van der Waals surface area (Å²) >= 11 is 0. The molecule has 1 aromatic carbocycles. The second-order valence-corrected chi connectivity index (χ2v) is 4.53. The molecule has 0 aromatic heterocycles. The Kier molecular flexibility index (Phi) is 4.95. The Balaban J connectivity index is 2.83. The molecule has 0 aliphatic heterocycles. The van der Waals surface area contributed by atoms with Crippen LogP contribution in [0.25, 0.3) is 0 Å². The molecular weight excluding hydrogens is 240 g/mol. The highest BCUT2D eigenvalue weighted by molar-refractivity contribution is 5.97. The number of hydrogen-bond acceptors (Lipinski definition) is 4. The summed E-state index contributed by atoms with van der Waals surface area (Å²) in [4.78, 5) is 11.7. The maximum Gasteiger partial charge on any atom is 0.263 e. The molecule has 0 atom stereocenters. The molecular formula is C14H18N4O. The van der Waals surface area contributed by atoms with E-state index in [2.05, 4.69) is 10.6 Å². The number of anilines is 2. The van der Waals surface area contributed by atoms with E-state index in [4.69, 9.17) is 11.0 Å². The minimum Gasteiger partial charge on any atom is -0.397 e. The molecule has 0 aliphatic rings. The molecule has 4 N–H and O–H groups in total. The van der Waals surface area contributed by atoms with Crippen LogP contribution in [0.1, 0.15) is 19.4 Å². The van der Waals surface area contributed by atoms with Gasteiger partial charge in [0.15, 0.2) is 0 Å². The third kappa shape index (κ3) is 4.36. The number of nitrogens with zero attached hydrogens (tertiary/aromatic N) is 1. The van der Waals surface area contributed by atoms with Gasteiger partial charge in [0.1, 0.15) is 11.6 Å². The lowest BCUT2D eigenvalue weighted by Crippen LogP contribution is -2.31. The molecule has 1 aromatic rings. The zero-order valence-electron chi connectivity index (χ0n) is 11.3. The van der Waals surface area contributed by atoms with Crippen molar-refractivity contribution in [1.29, 1.82) is 5.26 Å². The second kappa shape index (κ2) is 6.45. The molecule has 0 saturated heterocycles. The van der Waals surface area contributed by atoms with Gasteiger partial charge in [-0.3, -0.25) is 4.79 Å². The van der Waals surface area contributed by atoms with E-state index in [1.54, 1.807) is 6.07 Å². The second-order valence-electron chi connectivity index (χ2n) is 4.53. The van der Waals surface area contributed by atoms with E-state index in [0.717, 1.165) is 5.56 Å². The van der Waals surface area contributed by atoms with E-state index in [0.29, 0.717) is 11.4 Å². The average Bonchev–Trinajstić information content (AvgIpc) is 2.31. The average molecular weight is 258 g/mol. The van der Waals surface area contributed by atoms with Crippen molar-refractivity contribution in [1.82, 2.24) is 5.32 Å². The van der Waals surface area contributed by atoms with Gasteiger partial charge in [-0.1, -0.05) is 6.07 Å². The van der Waals surface area contributed by atoms with Crippen LogP contribution >= 0.6 is 0 Å². The highest BCUT2D eigenvalue weighted by Gasteiger charge is 2.09. The molecule has 0 radical (unpaired) electrons. The first kappa shape index (κ1) is 14.6. The molecule has 5 nitrogen and oxygen atoms in total. The molecule has 1 amide bonds. The maximum absolute atomic E-state index is 11.7. The van der Waals surface area contributed by atoms with Crippen molar-refractivity contribution in [3.63, 3.8) is 0 Å². The van der Waals surface area contributed by atoms with E-state index >= 15 is 0 Å². The molecule has 5 heteroatoms. The summed E-state index contributed by atoms with van der Waals surface area (Å²) in [5, 5.41) is 14.5. The number of aryl methyl sites for hydroxylation is 1. The fourth-order valence-electron chi connectivity index (χ4n) is 1.45. The van der Waals surface area contributed by atoms with E-state index in [1.165, 1.54) is 6.20 Å². The number of carbonyl (C=O) groups excluding carboxylic acids is 1. The summed E-state index contributed by atoms with van der Waals surface area (Å²) < 4.78 is 0. The third-order valence-electron chi connectivity index (χ3n) is 2.36. The first-order valence-electron chi connectivity index (χ1n) is 5.98. The lowest BCUT2D eigenvalue weighted by atomic mass is 10.2. The molecule has 0 unspecified atom stereocenters. The minimum absolute atomic E-state index is 0.00803. The van der Waals surface area contributed by atoms with Crippen LogP contribution in [0.5, 0.6) is 0 Å². The van der Waals surface area contributed by atoms with E-state index < -0.39 is 5.91 Å². The van der Waals surface area contributed by atoms with Gasteiger partial charge in [0, 0.05) is 12.2 Å². The number of hydrogen-bond donors (Lipinski definition) is 3. The zero-order valence-corrected chi connectivity index (χ0v) is 11.3. The van der Waals surface area contributed by atoms with Crippen LogP contribution in [0.15, 0.2) is 30.0 Å². The van der Waals surface area contributed by atoms with Gasteiger partial charge in [-0.05, 0) is 38.5 Å². The monoisotopic (exact) mass is 258 g/mol. The molecule has 0 saturated carbocycles. The number of nitriles is 1. The van der Waals surface area contributed by atoms with E-state index in [-0.39, 0.29) is 11.6 Å². The van der Waals surface area contributed by atoms with Crippen LogP contribution in [-0.2, 0) is 4.79 Å². The quantitative estimate of drug-likeness (QED) is 0.437. The van der Waals surface area contributed by atoms with Gasteiger partial charge >= 0.3 is 0 Å². The first-order valence-corrected chi connectivity index (χ1v) is 5.98. The van der Waals surface area contributed by atoms with Gasteiger partial charge in [0.25, 0.3) is 5.91 Å². The van der Waals surface area contributed by atoms with Crippen LogP contribution in [0, 0.1) is 18.3 Å². The van der Waals surface area contributed by atoms with Crippen molar-refractivity contribution in [2.75, 3.05) is 11.1 Å². The summed E-state index contributed by atoms with van der Waals surface area (Å²) in [6.45, 7) is 5.60. The number of rotatable bonds is 4. The van der Waals surface area contributed by atoms with Gasteiger partial charge in [0.05, 0.1) is 11.4 Å². The van der Waals surface area contributed by atoms with Crippen molar-refractivity contribution in [3.8, 4) is 6.07 Å². The van der Waals surface area contributed by atoms with Gasteiger partial charge < -0.3 is 16.4 Å². The molecule has 0 bridgehead atoms. The Morgan fingerprint density at radius 1 is 1.47 bits per heavy atom. The highest BCUT2D eigenvalue weighted by atomic mass is 16.1. The summed E-state index contributed by atoms with van der Waals surface area (Å²) in [5.74, 6) is -0.407. The van der Waals surface area contributed by atoms with Crippen molar-refractivity contribution >= 4 is 17.3 Å². The normalized spacial score (nSPS) is 11.0. The van der Waals surface area contributed by atoms with Crippen molar-refractivity contribution < 1.29 is 4.79 Å². The van der Waals surface area contributed by atoms with Gasteiger partial charge in [0.2, 0.25) is 0 Å². The molecule has 100 valence electrons. The number of benzene rings is 1. The lowest BCUT2D eigenvalue weighted by Gasteiger charge is -2.09. The number of amides is 1. The van der Waals surface area contributed by atoms with Gasteiger partial charge in [-0.25, -0.2) is 0 Å². The third-order valence-corrected chi connectivity index (χ3v) is 2.36. The first-order chi connectivity index (χ1) is 8.93. The number of nitrogens with one attached hydrogen (secondary N) is 2. The lowest BCUT2D eigenvalue weighted by molar-refractivity contribution is -0.117. The Bertz CT molecular complexity index is 541. The molecule has 0 aliphatic carbocycles. The summed E-state index contributed by atoms with van der Waals surface area (Å²) in [6.07, 6.45) is 1.36. The summed E-state index contributed by atoms with van der Waals surface area (Å²) in [5.41, 5.74) is 8.12. The summed E-state index contributed by atoms with van der Waals surface area (Å²) in [7, 11) is 0. The predicted octanol–water partition coefficient (Wildman–Crippen LogP) is 1.92. The topological polar surface area (TPSA) is 90.9 Å². The molecule has 0 heterocycles. The molecule has 19 heavy (non-hydrogen) atoms. The zero-order chi connectivity index (χ0) is 14.4. The predicted molar refractivity (Wildman–Crippen MR) is 76.2 cm³/mol. The molecule has 0 spiro atoms. The van der Waals surface area contributed by atoms with Crippen LogP contribution in [0.2, 0.25) is 0 Å². The van der Waals surface area contributed by atoms with Crippen molar-refractivity contribution in [3.05, 3.63) is 35.5 Å². The maximum atomic E-state index is 11.7. The van der Waals surface area contributed by atoms with Gasteiger partial charge in [-0.15, -0.1) is 0 Å². The SMILES string of the molecule is Cc1ccc(N/C=C(/C#N)C(=O)NC(C)C)c(N)c1. The van der Waals surface area contributed by atoms with Gasteiger partial charge in [-0.2, -0.15) is 5.26 Å². The fourth-order valence-corrected chi connectivity index (χ4v) is 1.45. The molecule has 0 fully saturated rings. The Hall–Kier alpha value is -2.48. The van der Waals surface area contributed by atoms with Crippen LogP contribution in [0.3, 0.4) is 0 Å². The smallest absolute Gasteiger partial charge is 0.263 e. The number of carbonyl (C=O) groups is 1. The minimum atomic E-state index is -0.407. The Labute approximate surface area is 113 Å². The Morgan fingerprint density at radius 2 is 2.16 bits per heavy atom.